The number of aromatic hydroxyl groups is 2. The summed E-state index contributed by atoms with van der Waals surface area (Å²) in [5.41, 5.74) is 6.58. The molecular formula is C17H16N2O2S. The van der Waals surface area contributed by atoms with Gasteiger partial charge in [0.2, 0.25) is 0 Å². The molecule has 0 bridgehead atoms. The smallest absolute Gasteiger partial charge is 0.141 e. The number of aliphatic imine (C=N–C) groups is 1. The van der Waals surface area contributed by atoms with Crippen LogP contribution < -0.4 is 5.73 Å². The summed E-state index contributed by atoms with van der Waals surface area (Å²) in [4.78, 5) is 5.26. The number of hydrogen-bond acceptors (Lipinski definition) is 5. The van der Waals surface area contributed by atoms with Gasteiger partial charge in [-0.3, -0.25) is 4.99 Å². The zero-order chi connectivity index (χ0) is 15.8. The van der Waals surface area contributed by atoms with Crippen LogP contribution in [0.3, 0.4) is 0 Å². The maximum absolute atomic E-state index is 9.43. The van der Waals surface area contributed by atoms with E-state index < -0.39 is 0 Å². The lowest BCUT2D eigenvalue weighted by molar-refractivity contribution is 0.475. The molecule has 0 aliphatic rings. The van der Waals surface area contributed by atoms with Crippen LogP contribution in [0.4, 0.5) is 11.4 Å². The molecule has 0 aliphatic carbocycles. The number of phenols is 2. The van der Waals surface area contributed by atoms with Crippen molar-refractivity contribution >= 4 is 28.9 Å². The Balaban J connectivity index is 0.000000188. The molecule has 0 aliphatic heterocycles. The van der Waals surface area contributed by atoms with Crippen molar-refractivity contribution in [3.05, 3.63) is 70.9 Å². The Kier molecular flexibility index (Phi) is 5.57. The van der Waals surface area contributed by atoms with Crippen molar-refractivity contribution in [3.63, 3.8) is 0 Å². The van der Waals surface area contributed by atoms with Crippen LogP contribution in [0.25, 0.3) is 0 Å². The van der Waals surface area contributed by atoms with E-state index in [4.69, 9.17) is 10.8 Å². The van der Waals surface area contributed by atoms with E-state index in [-0.39, 0.29) is 11.5 Å². The number of anilines is 1. The van der Waals surface area contributed by atoms with Gasteiger partial charge in [-0.05, 0) is 47.8 Å². The molecule has 0 spiro atoms. The summed E-state index contributed by atoms with van der Waals surface area (Å²) >= 11 is 1.62. The van der Waals surface area contributed by atoms with Crippen molar-refractivity contribution < 1.29 is 10.2 Å². The Hall–Kier alpha value is -2.79. The largest absolute Gasteiger partial charge is 0.508 e. The van der Waals surface area contributed by atoms with Crippen LogP contribution in [-0.2, 0) is 0 Å². The van der Waals surface area contributed by atoms with E-state index in [0.29, 0.717) is 11.4 Å². The molecule has 4 nitrogen and oxygen atoms in total. The highest BCUT2D eigenvalue weighted by molar-refractivity contribution is 7.11. The molecule has 22 heavy (non-hydrogen) atoms. The zero-order valence-electron chi connectivity index (χ0n) is 11.8. The molecule has 5 heteroatoms. The lowest BCUT2D eigenvalue weighted by Crippen LogP contribution is -1.80. The van der Waals surface area contributed by atoms with Crippen molar-refractivity contribution in [2.24, 2.45) is 4.99 Å². The van der Waals surface area contributed by atoms with Gasteiger partial charge in [-0.1, -0.05) is 18.2 Å². The molecule has 1 aromatic heterocycles. The minimum absolute atomic E-state index is 0.209. The average molecular weight is 312 g/mol. The number of rotatable bonds is 2. The molecule has 1 heterocycles. The minimum Gasteiger partial charge on any atom is -0.508 e. The predicted octanol–water partition coefficient (Wildman–Crippen LogP) is 4.18. The summed E-state index contributed by atoms with van der Waals surface area (Å²) in [6, 6.07) is 17.4. The topological polar surface area (TPSA) is 78.8 Å². The maximum Gasteiger partial charge on any atom is 0.141 e. The van der Waals surface area contributed by atoms with E-state index in [9.17, 15) is 5.11 Å². The van der Waals surface area contributed by atoms with Gasteiger partial charge in [0.1, 0.15) is 17.2 Å². The summed E-state index contributed by atoms with van der Waals surface area (Å²) in [6.07, 6.45) is 1.75. The van der Waals surface area contributed by atoms with Crippen molar-refractivity contribution in [3.8, 4) is 11.5 Å². The molecule has 0 atom stereocenters. The second-order valence-corrected chi connectivity index (χ2v) is 5.33. The van der Waals surface area contributed by atoms with E-state index in [2.05, 4.69) is 4.99 Å². The highest BCUT2D eigenvalue weighted by atomic mass is 32.1. The van der Waals surface area contributed by atoms with Gasteiger partial charge in [0.25, 0.3) is 0 Å². The maximum atomic E-state index is 9.43. The van der Waals surface area contributed by atoms with Gasteiger partial charge < -0.3 is 15.9 Å². The number of para-hydroxylation sites is 2. The van der Waals surface area contributed by atoms with E-state index in [0.717, 1.165) is 4.88 Å². The van der Waals surface area contributed by atoms with Crippen LogP contribution in [0.1, 0.15) is 4.88 Å². The Morgan fingerprint density at radius 2 is 1.64 bits per heavy atom. The Morgan fingerprint density at radius 1 is 0.909 bits per heavy atom. The first-order chi connectivity index (χ1) is 10.6. The predicted molar refractivity (Wildman–Crippen MR) is 92.2 cm³/mol. The highest BCUT2D eigenvalue weighted by Crippen LogP contribution is 2.24. The molecule has 0 amide bonds. The fraction of sp³-hybridized carbons (Fsp3) is 0. The quantitative estimate of drug-likeness (QED) is 0.377. The van der Waals surface area contributed by atoms with Gasteiger partial charge in [0.05, 0.1) is 0 Å². The van der Waals surface area contributed by atoms with Crippen molar-refractivity contribution in [2.75, 3.05) is 5.73 Å². The number of hydrogen-bond donors (Lipinski definition) is 3. The molecular weight excluding hydrogens is 296 g/mol. The second kappa shape index (κ2) is 7.85. The van der Waals surface area contributed by atoms with E-state index in [1.165, 1.54) is 0 Å². The number of thiophene rings is 1. The molecule has 4 N–H and O–H groups in total. The standard InChI is InChI=1S/C11H9NOS.C6H7NO/c13-11-6-2-1-5-10(11)12-8-9-4-3-7-14-9;7-5-1-3-6(8)4-2-5/h1-8,13H;1-4,8H,7H2. The second-order valence-electron chi connectivity index (χ2n) is 4.35. The van der Waals surface area contributed by atoms with E-state index in [1.54, 1.807) is 60.0 Å². The fourth-order valence-corrected chi connectivity index (χ4v) is 2.13. The summed E-state index contributed by atoms with van der Waals surface area (Å²) < 4.78 is 0. The number of phenolic OH excluding ortho intramolecular Hbond substituents is 2. The van der Waals surface area contributed by atoms with E-state index in [1.807, 2.05) is 23.6 Å². The summed E-state index contributed by atoms with van der Waals surface area (Å²) in [7, 11) is 0. The van der Waals surface area contributed by atoms with Crippen LogP contribution in [0.15, 0.2) is 71.0 Å². The summed E-state index contributed by atoms with van der Waals surface area (Å²) in [6.45, 7) is 0. The first-order valence-corrected chi connectivity index (χ1v) is 7.43. The fourth-order valence-electron chi connectivity index (χ4n) is 1.55. The van der Waals surface area contributed by atoms with Crippen LogP contribution in [0.5, 0.6) is 11.5 Å². The third-order valence-electron chi connectivity index (χ3n) is 2.65. The molecule has 112 valence electrons. The van der Waals surface area contributed by atoms with Gasteiger partial charge in [-0.15, -0.1) is 11.3 Å². The van der Waals surface area contributed by atoms with Gasteiger partial charge in [0, 0.05) is 16.8 Å². The van der Waals surface area contributed by atoms with Crippen LogP contribution >= 0.6 is 11.3 Å². The highest BCUT2D eigenvalue weighted by Gasteiger charge is 1.95. The molecule has 3 rings (SSSR count). The van der Waals surface area contributed by atoms with Crippen molar-refractivity contribution in [2.45, 2.75) is 0 Å². The number of nitrogens with zero attached hydrogens (tertiary/aromatic N) is 1. The third kappa shape index (κ3) is 4.96. The molecule has 0 saturated carbocycles. The Morgan fingerprint density at radius 3 is 2.23 bits per heavy atom. The number of benzene rings is 2. The minimum atomic E-state index is 0.209. The molecule has 0 radical (unpaired) electrons. The van der Waals surface area contributed by atoms with Crippen molar-refractivity contribution in [1.82, 2.24) is 0 Å². The zero-order valence-corrected chi connectivity index (χ0v) is 12.6. The number of nitrogens with two attached hydrogens (primary N) is 1. The first kappa shape index (κ1) is 15.6. The van der Waals surface area contributed by atoms with Crippen molar-refractivity contribution in [1.29, 1.82) is 0 Å². The summed E-state index contributed by atoms with van der Waals surface area (Å²) in [5, 5.41) is 20.1. The first-order valence-electron chi connectivity index (χ1n) is 6.55. The van der Waals surface area contributed by atoms with Crippen LogP contribution in [-0.4, -0.2) is 16.4 Å². The number of nitrogen functional groups attached to an aromatic ring is 1. The Bertz CT molecular complexity index is 702. The van der Waals surface area contributed by atoms with Gasteiger partial charge in [-0.2, -0.15) is 0 Å². The molecule has 0 saturated heterocycles. The molecule has 3 aromatic rings. The third-order valence-corrected chi connectivity index (χ3v) is 3.46. The summed E-state index contributed by atoms with van der Waals surface area (Å²) in [5.74, 6) is 0.458. The SMILES string of the molecule is Nc1ccc(O)cc1.Oc1ccccc1N=Cc1cccs1. The normalized spacial score (nSPS) is 10.2. The monoisotopic (exact) mass is 312 g/mol. The lowest BCUT2D eigenvalue weighted by atomic mass is 10.3. The molecule has 2 aromatic carbocycles. The average Bonchev–Trinajstić information content (AvgIpc) is 3.04. The van der Waals surface area contributed by atoms with Crippen LogP contribution in [0, 0.1) is 0 Å². The van der Waals surface area contributed by atoms with Gasteiger partial charge >= 0.3 is 0 Å². The van der Waals surface area contributed by atoms with Gasteiger partial charge in [-0.25, -0.2) is 0 Å². The molecule has 0 fully saturated rings. The molecule has 0 unspecified atom stereocenters. The van der Waals surface area contributed by atoms with E-state index >= 15 is 0 Å². The lowest BCUT2D eigenvalue weighted by Gasteiger charge is -1.95. The van der Waals surface area contributed by atoms with Gasteiger partial charge in [0.15, 0.2) is 0 Å². The Labute approximate surface area is 132 Å². The van der Waals surface area contributed by atoms with Crippen LogP contribution in [0.2, 0.25) is 0 Å².